The molecule has 120 valence electrons. The summed E-state index contributed by atoms with van der Waals surface area (Å²) >= 11 is 0. The first-order valence-corrected chi connectivity index (χ1v) is 7.56. The highest BCUT2D eigenvalue weighted by Gasteiger charge is 2.33. The van der Waals surface area contributed by atoms with Gasteiger partial charge in [0.15, 0.2) is 0 Å². The molecule has 0 bridgehead atoms. The maximum absolute atomic E-state index is 10.2. The van der Waals surface area contributed by atoms with Crippen molar-refractivity contribution >= 4 is 0 Å². The van der Waals surface area contributed by atoms with Crippen LogP contribution < -0.4 is 5.32 Å². The number of aliphatic hydroxyl groups is 1. The second kappa shape index (κ2) is 7.04. The van der Waals surface area contributed by atoms with Crippen LogP contribution in [-0.4, -0.2) is 39.3 Å². The van der Waals surface area contributed by atoms with Gasteiger partial charge in [-0.1, -0.05) is 5.16 Å². The summed E-state index contributed by atoms with van der Waals surface area (Å²) in [7, 11) is 1.63. The highest BCUT2D eigenvalue weighted by Crippen LogP contribution is 2.27. The smallest absolute Gasteiger partial charge is 0.128 e. The summed E-state index contributed by atoms with van der Waals surface area (Å²) < 4.78 is 12.0. The molecule has 0 aromatic carbocycles. The Kier molecular flexibility index (Phi) is 4.87. The van der Waals surface area contributed by atoms with E-state index in [-0.39, 0.29) is 12.1 Å². The number of aromatic nitrogens is 3. The standard InChI is InChI=1S/C15H22N4O3/c1-21-10-14-12(9-22-18-14)7-16-13-5-11(6-15(13)20)8-19-4-2-3-17-19/h2-4,9,11,13,15-16,20H,5-8,10H2,1H3/t11?,13-,15-/m1/s1. The van der Waals surface area contributed by atoms with Crippen LogP contribution in [-0.2, 0) is 24.4 Å². The number of nitrogens with zero attached hydrogens (tertiary/aromatic N) is 3. The largest absolute Gasteiger partial charge is 0.391 e. The Morgan fingerprint density at radius 2 is 2.41 bits per heavy atom. The molecule has 1 fully saturated rings. The maximum Gasteiger partial charge on any atom is 0.128 e. The summed E-state index contributed by atoms with van der Waals surface area (Å²) in [5.74, 6) is 0.438. The van der Waals surface area contributed by atoms with Gasteiger partial charge in [0.1, 0.15) is 12.0 Å². The Labute approximate surface area is 129 Å². The van der Waals surface area contributed by atoms with Gasteiger partial charge in [-0.05, 0) is 24.8 Å². The average molecular weight is 306 g/mol. The minimum Gasteiger partial charge on any atom is -0.391 e. The summed E-state index contributed by atoms with van der Waals surface area (Å²) in [6.45, 7) is 1.91. The van der Waals surface area contributed by atoms with E-state index < -0.39 is 0 Å². The Hall–Kier alpha value is -1.70. The quantitative estimate of drug-likeness (QED) is 0.792. The van der Waals surface area contributed by atoms with Crippen molar-refractivity contribution in [3.05, 3.63) is 36.0 Å². The zero-order chi connectivity index (χ0) is 15.4. The summed E-state index contributed by atoms with van der Waals surface area (Å²) in [5.41, 5.74) is 1.78. The van der Waals surface area contributed by atoms with Crippen molar-refractivity contribution in [3.8, 4) is 0 Å². The van der Waals surface area contributed by atoms with E-state index in [4.69, 9.17) is 9.26 Å². The molecule has 0 radical (unpaired) electrons. The number of hydrogen-bond donors (Lipinski definition) is 2. The minimum absolute atomic E-state index is 0.0888. The topological polar surface area (TPSA) is 85.3 Å². The second-order valence-corrected chi connectivity index (χ2v) is 5.84. The second-order valence-electron chi connectivity index (χ2n) is 5.84. The van der Waals surface area contributed by atoms with E-state index in [0.29, 0.717) is 19.1 Å². The van der Waals surface area contributed by atoms with Crippen LogP contribution in [0.1, 0.15) is 24.1 Å². The predicted molar refractivity (Wildman–Crippen MR) is 78.8 cm³/mol. The lowest BCUT2D eigenvalue weighted by molar-refractivity contribution is 0.145. The molecule has 3 atom stereocenters. The van der Waals surface area contributed by atoms with Crippen LogP contribution in [0.2, 0.25) is 0 Å². The molecule has 0 aliphatic heterocycles. The molecule has 2 N–H and O–H groups in total. The van der Waals surface area contributed by atoms with Gasteiger partial charge in [0, 0.05) is 44.2 Å². The number of rotatable bonds is 7. The van der Waals surface area contributed by atoms with Gasteiger partial charge in [0.2, 0.25) is 0 Å². The third-order valence-corrected chi connectivity index (χ3v) is 4.20. The molecule has 1 unspecified atom stereocenters. The molecule has 22 heavy (non-hydrogen) atoms. The van der Waals surface area contributed by atoms with E-state index in [1.165, 1.54) is 0 Å². The highest BCUT2D eigenvalue weighted by molar-refractivity contribution is 5.13. The van der Waals surface area contributed by atoms with Crippen LogP contribution >= 0.6 is 0 Å². The lowest BCUT2D eigenvalue weighted by atomic mass is 10.1. The van der Waals surface area contributed by atoms with Gasteiger partial charge in [-0.15, -0.1) is 0 Å². The van der Waals surface area contributed by atoms with Gasteiger partial charge in [-0.2, -0.15) is 5.10 Å². The van der Waals surface area contributed by atoms with Crippen LogP contribution in [0, 0.1) is 5.92 Å². The van der Waals surface area contributed by atoms with Gasteiger partial charge in [0.05, 0.1) is 12.7 Å². The summed E-state index contributed by atoms with van der Waals surface area (Å²) in [5, 5.41) is 21.8. The molecule has 2 aromatic rings. The summed E-state index contributed by atoms with van der Waals surface area (Å²) in [4.78, 5) is 0. The third kappa shape index (κ3) is 3.55. The van der Waals surface area contributed by atoms with Crippen molar-refractivity contribution in [1.29, 1.82) is 0 Å². The van der Waals surface area contributed by atoms with E-state index in [2.05, 4.69) is 15.6 Å². The van der Waals surface area contributed by atoms with Crippen LogP contribution in [0.25, 0.3) is 0 Å². The van der Waals surface area contributed by atoms with Gasteiger partial charge < -0.3 is 19.7 Å². The third-order valence-electron chi connectivity index (χ3n) is 4.20. The number of hydrogen-bond acceptors (Lipinski definition) is 6. The van der Waals surface area contributed by atoms with Crippen molar-refractivity contribution in [2.24, 2.45) is 5.92 Å². The normalized spacial score (nSPS) is 24.9. The Morgan fingerprint density at radius 3 is 3.18 bits per heavy atom. The molecule has 2 aromatic heterocycles. The number of nitrogens with one attached hydrogen (secondary N) is 1. The molecule has 3 rings (SSSR count). The minimum atomic E-state index is -0.328. The molecule has 1 saturated carbocycles. The van der Waals surface area contributed by atoms with Crippen molar-refractivity contribution in [2.75, 3.05) is 7.11 Å². The fourth-order valence-electron chi connectivity index (χ4n) is 3.08. The predicted octanol–water partition coefficient (Wildman–Crippen LogP) is 0.947. The Balaban J connectivity index is 1.51. The van der Waals surface area contributed by atoms with Crippen molar-refractivity contribution in [3.63, 3.8) is 0 Å². The molecule has 1 aliphatic carbocycles. The van der Waals surface area contributed by atoms with Gasteiger partial charge in [0.25, 0.3) is 0 Å². The van der Waals surface area contributed by atoms with E-state index in [0.717, 1.165) is 30.6 Å². The van der Waals surface area contributed by atoms with Crippen molar-refractivity contribution in [2.45, 2.75) is 44.7 Å². The fraction of sp³-hybridized carbons (Fsp3) is 0.600. The van der Waals surface area contributed by atoms with Crippen LogP contribution in [0.4, 0.5) is 0 Å². The Morgan fingerprint density at radius 1 is 1.50 bits per heavy atom. The van der Waals surface area contributed by atoms with Gasteiger partial charge in [-0.25, -0.2) is 0 Å². The number of aliphatic hydroxyl groups excluding tert-OH is 1. The van der Waals surface area contributed by atoms with E-state index in [1.54, 1.807) is 19.6 Å². The van der Waals surface area contributed by atoms with Crippen LogP contribution in [0.3, 0.4) is 0 Å². The average Bonchev–Trinajstić information content (AvgIpc) is 3.21. The van der Waals surface area contributed by atoms with Gasteiger partial charge in [-0.3, -0.25) is 4.68 Å². The highest BCUT2D eigenvalue weighted by atomic mass is 16.5. The SMILES string of the molecule is COCc1nocc1CN[C@@H]1CC(Cn2cccn2)C[C@H]1O. The first-order valence-electron chi connectivity index (χ1n) is 7.56. The first-order chi connectivity index (χ1) is 10.8. The van der Waals surface area contributed by atoms with E-state index in [9.17, 15) is 5.11 Å². The number of methoxy groups -OCH3 is 1. The summed E-state index contributed by atoms with van der Waals surface area (Å²) in [6, 6.07) is 2.01. The van der Waals surface area contributed by atoms with Crippen LogP contribution in [0.5, 0.6) is 0 Å². The molecule has 7 nitrogen and oxygen atoms in total. The molecule has 0 spiro atoms. The van der Waals surface area contributed by atoms with Crippen LogP contribution in [0.15, 0.2) is 29.2 Å². The monoisotopic (exact) mass is 306 g/mol. The molecule has 2 heterocycles. The zero-order valence-corrected chi connectivity index (χ0v) is 12.7. The fourth-order valence-corrected chi connectivity index (χ4v) is 3.08. The molecular weight excluding hydrogens is 284 g/mol. The summed E-state index contributed by atoms with van der Waals surface area (Å²) in [6.07, 6.45) is 6.78. The molecule has 1 aliphatic rings. The molecule has 0 amide bonds. The molecular formula is C15H22N4O3. The first kappa shape index (κ1) is 15.2. The lowest BCUT2D eigenvalue weighted by Crippen LogP contribution is -2.35. The van der Waals surface area contributed by atoms with Crippen molar-refractivity contribution < 1.29 is 14.4 Å². The van der Waals surface area contributed by atoms with E-state index >= 15 is 0 Å². The number of ether oxygens (including phenoxy) is 1. The van der Waals surface area contributed by atoms with Gasteiger partial charge >= 0.3 is 0 Å². The molecule has 7 heteroatoms. The van der Waals surface area contributed by atoms with Crippen molar-refractivity contribution in [1.82, 2.24) is 20.3 Å². The van der Waals surface area contributed by atoms with E-state index in [1.807, 2.05) is 16.9 Å². The molecule has 0 saturated heterocycles. The Bertz CT molecular complexity index is 569. The zero-order valence-electron chi connectivity index (χ0n) is 12.7. The lowest BCUT2D eigenvalue weighted by Gasteiger charge is -2.16. The maximum atomic E-state index is 10.2.